The summed E-state index contributed by atoms with van der Waals surface area (Å²) in [5.74, 6) is -0.393. The molecule has 1 aliphatic heterocycles. The molecule has 0 aromatic rings. The van der Waals surface area contributed by atoms with Crippen molar-refractivity contribution in [2.75, 3.05) is 7.05 Å². The number of hydrogen-bond donors (Lipinski definition) is 2. The lowest BCUT2D eigenvalue weighted by atomic mass is 9.64. The van der Waals surface area contributed by atoms with Gasteiger partial charge in [-0.15, -0.1) is 0 Å². The number of aliphatic hydroxyl groups excluding tert-OH is 2. The highest BCUT2D eigenvalue weighted by atomic mass is 16.3. The summed E-state index contributed by atoms with van der Waals surface area (Å²) >= 11 is 0. The molecule has 0 radical (unpaired) electrons. The average Bonchev–Trinajstić information content (AvgIpc) is 2.76. The van der Waals surface area contributed by atoms with Gasteiger partial charge in [0.15, 0.2) is 5.78 Å². The highest BCUT2D eigenvalue weighted by Crippen LogP contribution is 2.46. The van der Waals surface area contributed by atoms with Crippen molar-refractivity contribution in [1.82, 2.24) is 4.90 Å². The monoisotopic (exact) mass is 333 g/mol. The second-order valence-electron chi connectivity index (χ2n) is 7.61. The first kappa shape index (κ1) is 17.2. The van der Waals surface area contributed by atoms with Crippen LogP contribution in [0.4, 0.5) is 0 Å². The molecule has 0 bridgehead atoms. The number of fused-ring (bicyclic) bond motifs is 1. The molecule has 3 aliphatic rings. The SMILES string of the molecule is CC(O)C1C(=O)/C(=C(/O)[C@H]2[C@@H]3CCCC[C@H]3C=C[C@H]2C)C(=O)N1C. The van der Waals surface area contributed by atoms with Crippen LogP contribution in [0.2, 0.25) is 0 Å². The summed E-state index contributed by atoms with van der Waals surface area (Å²) in [7, 11) is 1.51. The highest BCUT2D eigenvalue weighted by molar-refractivity contribution is 6.26. The maximum absolute atomic E-state index is 12.7. The standard InChI is InChI=1S/C19H27NO4/c1-10-8-9-12-6-4-5-7-13(12)14(10)17(22)15-18(23)16(11(2)21)20(3)19(15)24/h8-14,16,21-22H,4-7H2,1-3H3/b17-15-/t10-,11?,12+,13-,14-,16?/m1/s1. The third-order valence-electron chi connectivity index (χ3n) is 6.06. The van der Waals surface area contributed by atoms with E-state index in [-0.39, 0.29) is 29.1 Å². The van der Waals surface area contributed by atoms with Crippen LogP contribution in [0.15, 0.2) is 23.5 Å². The lowest BCUT2D eigenvalue weighted by Gasteiger charge is -2.41. The minimum atomic E-state index is -0.956. The fourth-order valence-electron chi connectivity index (χ4n) is 4.83. The quantitative estimate of drug-likeness (QED) is 0.351. The summed E-state index contributed by atoms with van der Waals surface area (Å²) in [5.41, 5.74) is -0.111. The molecule has 1 saturated carbocycles. The summed E-state index contributed by atoms with van der Waals surface area (Å²) in [4.78, 5) is 26.4. The molecule has 3 rings (SSSR count). The summed E-state index contributed by atoms with van der Waals surface area (Å²) in [6, 6.07) is -0.897. The van der Waals surface area contributed by atoms with E-state index in [0.29, 0.717) is 5.92 Å². The van der Waals surface area contributed by atoms with Gasteiger partial charge in [-0.05, 0) is 37.5 Å². The maximum atomic E-state index is 12.7. The van der Waals surface area contributed by atoms with Gasteiger partial charge in [0.05, 0.1) is 6.10 Å². The molecule has 0 aromatic heterocycles. The summed E-state index contributed by atoms with van der Waals surface area (Å²) in [6.07, 6.45) is 7.82. The van der Waals surface area contributed by atoms with Crippen LogP contribution in [0.25, 0.3) is 0 Å². The van der Waals surface area contributed by atoms with E-state index in [2.05, 4.69) is 12.2 Å². The van der Waals surface area contributed by atoms with Gasteiger partial charge < -0.3 is 15.1 Å². The lowest BCUT2D eigenvalue weighted by molar-refractivity contribution is -0.128. The second kappa shape index (κ2) is 6.36. The van der Waals surface area contributed by atoms with E-state index < -0.39 is 23.8 Å². The Hall–Kier alpha value is -1.62. The largest absolute Gasteiger partial charge is 0.511 e. The van der Waals surface area contributed by atoms with E-state index in [9.17, 15) is 19.8 Å². The zero-order valence-electron chi connectivity index (χ0n) is 14.6. The molecule has 2 unspecified atom stereocenters. The van der Waals surface area contributed by atoms with Gasteiger partial charge in [0.25, 0.3) is 5.91 Å². The molecule has 0 spiro atoms. The van der Waals surface area contributed by atoms with Gasteiger partial charge in [-0.25, -0.2) is 0 Å². The minimum Gasteiger partial charge on any atom is -0.511 e. The van der Waals surface area contributed by atoms with E-state index in [1.54, 1.807) is 0 Å². The van der Waals surface area contributed by atoms with E-state index >= 15 is 0 Å². The number of rotatable bonds is 2. The topological polar surface area (TPSA) is 77.8 Å². The molecule has 5 nitrogen and oxygen atoms in total. The Balaban J connectivity index is 2.01. The lowest BCUT2D eigenvalue weighted by Crippen LogP contribution is -2.40. The van der Waals surface area contributed by atoms with E-state index in [0.717, 1.165) is 19.3 Å². The summed E-state index contributed by atoms with van der Waals surface area (Å²) in [5, 5.41) is 20.8. The Morgan fingerprint density at radius 1 is 1.25 bits per heavy atom. The number of aliphatic hydroxyl groups is 2. The van der Waals surface area contributed by atoms with Gasteiger partial charge in [0.1, 0.15) is 17.4 Å². The predicted molar refractivity (Wildman–Crippen MR) is 90.1 cm³/mol. The van der Waals surface area contributed by atoms with Gasteiger partial charge >= 0.3 is 0 Å². The first-order valence-corrected chi connectivity index (χ1v) is 8.95. The number of allylic oxidation sites excluding steroid dienone is 3. The molecule has 1 heterocycles. The molecule has 132 valence electrons. The average molecular weight is 333 g/mol. The molecular weight excluding hydrogens is 306 g/mol. The first-order valence-electron chi connectivity index (χ1n) is 8.95. The number of nitrogens with zero attached hydrogens (tertiary/aromatic N) is 1. The second-order valence-corrected chi connectivity index (χ2v) is 7.61. The first-order chi connectivity index (χ1) is 11.3. The van der Waals surface area contributed by atoms with Crippen LogP contribution in [0.1, 0.15) is 39.5 Å². The van der Waals surface area contributed by atoms with Crippen LogP contribution in [0, 0.1) is 23.7 Å². The normalized spacial score (nSPS) is 39.8. The molecule has 2 N–H and O–H groups in total. The predicted octanol–water partition coefficient (Wildman–Crippen LogP) is 2.22. The molecule has 24 heavy (non-hydrogen) atoms. The van der Waals surface area contributed by atoms with Gasteiger partial charge in [-0.3, -0.25) is 9.59 Å². The fraction of sp³-hybridized carbons (Fsp3) is 0.684. The zero-order valence-corrected chi connectivity index (χ0v) is 14.6. The Bertz CT molecular complexity index is 606. The van der Waals surface area contributed by atoms with Crippen molar-refractivity contribution in [1.29, 1.82) is 0 Å². The van der Waals surface area contributed by atoms with E-state index in [4.69, 9.17) is 0 Å². The van der Waals surface area contributed by atoms with Crippen molar-refractivity contribution >= 4 is 11.7 Å². The van der Waals surface area contributed by atoms with Crippen molar-refractivity contribution in [3.8, 4) is 0 Å². The Kier molecular flexibility index (Phi) is 4.56. The molecular formula is C19H27NO4. The molecule has 0 aromatic carbocycles. The third-order valence-corrected chi connectivity index (χ3v) is 6.06. The van der Waals surface area contributed by atoms with Gasteiger partial charge in [-0.2, -0.15) is 0 Å². The van der Waals surface area contributed by atoms with Gasteiger partial charge in [0, 0.05) is 13.0 Å². The van der Waals surface area contributed by atoms with Crippen LogP contribution in [0.3, 0.4) is 0 Å². The number of likely N-dealkylation sites (N-methyl/N-ethyl adjacent to an activating group) is 1. The zero-order chi connectivity index (χ0) is 17.6. The number of ketones is 1. The molecule has 5 heteroatoms. The van der Waals surface area contributed by atoms with Crippen LogP contribution in [-0.4, -0.2) is 46.0 Å². The number of amides is 1. The van der Waals surface area contributed by atoms with E-state index in [1.165, 1.54) is 25.3 Å². The number of hydrogen-bond acceptors (Lipinski definition) is 4. The molecule has 2 aliphatic carbocycles. The number of likely N-dealkylation sites (tertiary alicyclic amines) is 1. The van der Waals surface area contributed by atoms with Crippen LogP contribution >= 0.6 is 0 Å². The Morgan fingerprint density at radius 3 is 2.54 bits per heavy atom. The van der Waals surface area contributed by atoms with Crippen LogP contribution in [-0.2, 0) is 9.59 Å². The maximum Gasteiger partial charge on any atom is 0.261 e. The van der Waals surface area contributed by atoms with Gasteiger partial charge in [0.2, 0.25) is 0 Å². The Labute approximate surface area is 143 Å². The molecule has 2 fully saturated rings. The summed E-state index contributed by atoms with van der Waals surface area (Å²) in [6.45, 7) is 3.53. The number of carbonyl (C=O) groups is 2. The smallest absolute Gasteiger partial charge is 0.261 e. The number of Topliss-reactive ketones (excluding diaryl/α,β-unsaturated/α-hetero) is 1. The van der Waals surface area contributed by atoms with Crippen molar-refractivity contribution in [2.24, 2.45) is 23.7 Å². The van der Waals surface area contributed by atoms with Crippen molar-refractivity contribution in [2.45, 2.75) is 51.7 Å². The fourth-order valence-corrected chi connectivity index (χ4v) is 4.83. The van der Waals surface area contributed by atoms with Crippen molar-refractivity contribution in [3.05, 3.63) is 23.5 Å². The van der Waals surface area contributed by atoms with Gasteiger partial charge in [-0.1, -0.05) is 31.9 Å². The minimum absolute atomic E-state index is 0.0613. The Morgan fingerprint density at radius 2 is 1.92 bits per heavy atom. The van der Waals surface area contributed by atoms with Crippen molar-refractivity contribution in [3.63, 3.8) is 0 Å². The molecule has 1 saturated heterocycles. The molecule has 6 atom stereocenters. The molecule has 1 amide bonds. The van der Waals surface area contributed by atoms with Crippen LogP contribution < -0.4 is 0 Å². The third kappa shape index (κ3) is 2.59. The summed E-state index contributed by atoms with van der Waals surface area (Å²) < 4.78 is 0. The van der Waals surface area contributed by atoms with Crippen LogP contribution in [0.5, 0.6) is 0 Å². The van der Waals surface area contributed by atoms with E-state index in [1.807, 2.05) is 6.92 Å². The van der Waals surface area contributed by atoms with Crippen molar-refractivity contribution < 1.29 is 19.8 Å². The number of carbonyl (C=O) groups excluding carboxylic acids is 2. The highest BCUT2D eigenvalue weighted by Gasteiger charge is 2.48.